The van der Waals surface area contributed by atoms with Crippen molar-refractivity contribution in [3.8, 4) is 5.75 Å². The van der Waals surface area contributed by atoms with Crippen LogP contribution in [0.1, 0.15) is 17.3 Å². The van der Waals surface area contributed by atoms with E-state index in [1.807, 2.05) is 0 Å². The first-order valence-corrected chi connectivity index (χ1v) is 4.66. The first kappa shape index (κ1) is 13.1. The molecule has 0 unspecified atom stereocenters. The number of esters is 1. The molecule has 0 aliphatic rings. The molecule has 1 aromatic carbocycles. The number of hydrogen-bond donors (Lipinski definition) is 1. The third kappa shape index (κ3) is 3.86. The smallest absolute Gasteiger partial charge is 0.462 e. The Labute approximate surface area is 95.1 Å². The summed E-state index contributed by atoms with van der Waals surface area (Å²) >= 11 is 0. The van der Waals surface area contributed by atoms with Crippen molar-refractivity contribution in [3.05, 3.63) is 23.8 Å². The SMILES string of the molecule is CCOC(=O)c1ccc(OC(F)(F)F)c(N)c1. The van der Waals surface area contributed by atoms with Crippen LogP contribution in [-0.4, -0.2) is 18.9 Å². The largest absolute Gasteiger partial charge is 0.573 e. The molecule has 0 aliphatic carbocycles. The van der Waals surface area contributed by atoms with Crippen molar-refractivity contribution in [1.82, 2.24) is 0 Å². The number of alkyl halides is 3. The van der Waals surface area contributed by atoms with E-state index in [-0.39, 0.29) is 17.9 Å². The average Bonchev–Trinajstić information content (AvgIpc) is 2.19. The molecule has 2 N–H and O–H groups in total. The fourth-order valence-electron chi connectivity index (χ4n) is 1.11. The van der Waals surface area contributed by atoms with Crippen LogP contribution in [0.5, 0.6) is 5.75 Å². The summed E-state index contributed by atoms with van der Waals surface area (Å²) in [6.45, 7) is 1.78. The highest BCUT2D eigenvalue weighted by molar-refractivity contribution is 5.91. The summed E-state index contributed by atoms with van der Waals surface area (Å²) in [5.74, 6) is -1.21. The molecule has 0 bridgehead atoms. The lowest BCUT2D eigenvalue weighted by atomic mass is 10.2. The number of benzene rings is 1. The molecule has 7 heteroatoms. The van der Waals surface area contributed by atoms with Gasteiger partial charge in [-0.15, -0.1) is 13.2 Å². The summed E-state index contributed by atoms with van der Waals surface area (Å²) in [7, 11) is 0. The van der Waals surface area contributed by atoms with Crippen molar-refractivity contribution in [3.63, 3.8) is 0 Å². The highest BCUT2D eigenvalue weighted by atomic mass is 19.4. The van der Waals surface area contributed by atoms with E-state index in [0.717, 1.165) is 18.2 Å². The molecule has 1 aromatic rings. The van der Waals surface area contributed by atoms with Gasteiger partial charge in [0, 0.05) is 0 Å². The van der Waals surface area contributed by atoms with Crippen LogP contribution >= 0.6 is 0 Å². The molecule has 0 aromatic heterocycles. The zero-order valence-corrected chi connectivity index (χ0v) is 8.88. The van der Waals surface area contributed by atoms with Gasteiger partial charge >= 0.3 is 12.3 Å². The van der Waals surface area contributed by atoms with E-state index in [0.29, 0.717) is 0 Å². The van der Waals surface area contributed by atoms with Crippen LogP contribution in [0.25, 0.3) is 0 Å². The van der Waals surface area contributed by atoms with Crippen LogP contribution < -0.4 is 10.5 Å². The summed E-state index contributed by atoms with van der Waals surface area (Å²) in [4.78, 5) is 11.3. The molecule has 17 heavy (non-hydrogen) atoms. The van der Waals surface area contributed by atoms with Crippen LogP contribution in [0, 0.1) is 0 Å². The van der Waals surface area contributed by atoms with Gasteiger partial charge in [0.1, 0.15) is 0 Å². The zero-order valence-electron chi connectivity index (χ0n) is 8.88. The van der Waals surface area contributed by atoms with Gasteiger partial charge in [-0.1, -0.05) is 0 Å². The second kappa shape index (κ2) is 4.94. The van der Waals surface area contributed by atoms with Gasteiger partial charge in [-0.2, -0.15) is 0 Å². The number of halogens is 3. The van der Waals surface area contributed by atoms with Crippen molar-refractivity contribution in [1.29, 1.82) is 0 Å². The second-order valence-electron chi connectivity index (χ2n) is 3.02. The van der Waals surface area contributed by atoms with E-state index < -0.39 is 18.1 Å². The van der Waals surface area contributed by atoms with Crippen molar-refractivity contribution < 1.29 is 27.4 Å². The van der Waals surface area contributed by atoms with Gasteiger partial charge in [0.2, 0.25) is 0 Å². The van der Waals surface area contributed by atoms with E-state index in [4.69, 9.17) is 5.73 Å². The van der Waals surface area contributed by atoms with Gasteiger partial charge in [0.25, 0.3) is 0 Å². The highest BCUT2D eigenvalue weighted by Gasteiger charge is 2.32. The molecule has 0 fully saturated rings. The number of carbonyl (C=O) groups is 1. The van der Waals surface area contributed by atoms with Gasteiger partial charge in [-0.25, -0.2) is 4.79 Å². The Morgan fingerprint density at radius 2 is 2.06 bits per heavy atom. The quantitative estimate of drug-likeness (QED) is 0.659. The minimum atomic E-state index is -4.82. The van der Waals surface area contributed by atoms with Gasteiger partial charge in [-0.3, -0.25) is 0 Å². The third-order valence-electron chi connectivity index (χ3n) is 1.75. The van der Waals surface area contributed by atoms with Crippen molar-refractivity contribution in [2.24, 2.45) is 0 Å². The summed E-state index contributed by atoms with van der Waals surface area (Å²) in [6, 6.07) is 3.18. The monoisotopic (exact) mass is 249 g/mol. The van der Waals surface area contributed by atoms with Gasteiger partial charge in [0.05, 0.1) is 17.9 Å². The van der Waals surface area contributed by atoms with Gasteiger partial charge in [-0.05, 0) is 25.1 Å². The minimum Gasteiger partial charge on any atom is -0.462 e. The van der Waals surface area contributed by atoms with Crippen molar-refractivity contribution >= 4 is 11.7 Å². The number of nitrogen functional groups attached to an aromatic ring is 1. The molecular weight excluding hydrogens is 239 g/mol. The molecular formula is C10H10F3NO3. The Morgan fingerprint density at radius 3 is 2.53 bits per heavy atom. The molecule has 0 saturated carbocycles. The zero-order chi connectivity index (χ0) is 13.1. The van der Waals surface area contributed by atoms with Crippen LogP contribution in [0.3, 0.4) is 0 Å². The lowest BCUT2D eigenvalue weighted by Gasteiger charge is -2.11. The molecule has 94 valence electrons. The number of anilines is 1. The predicted octanol–water partition coefficient (Wildman–Crippen LogP) is 2.34. The maximum absolute atomic E-state index is 11.9. The number of nitrogens with two attached hydrogens (primary N) is 1. The Kier molecular flexibility index (Phi) is 3.82. The summed E-state index contributed by atoms with van der Waals surface area (Å²) in [5, 5.41) is 0. The molecule has 0 amide bonds. The van der Waals surface area contributed by atoms with Crippen LogP contribution in [0.2, 0.25) is 0 Å². The standard InChI is InChI=1S/C10H10F3NO3/c1-2-16-9(15)6-3-4-8(7(14)5-6)17-10(11,12)13/h3-5H,2,14H2,1H3. The van der Waals surface area contributed by atoms with Gasteiger partial charge < -0.3 is 15.2 Å². The van der Waals surface area contributed by atoms with Crippen LogP contribution in [0.15, 0.2) is 18.2 Å². The third-order valence-corrected chi connectivity index (χ3v) is 1.75. The molecule has 0 heterocycles. The fourth-order valence-corrected chi connectivity index (χ4v) is 1.11. The van der Waals surface area contributed by atoms with Crippen LogP contribution in [-0.2, 0) is 4.74 Å². The van der Waals surface area contributed by atoms with Crippen molar-refractivity contribution in [2.75, 3.05) is 12.3 Å². The molecule has 0 radical (unpaired) electrons. The average molecular weight is 249 g/mol. The predicted molar refractivity (Wildman–Crippen MR) is 53.5 cm³/mol. The second-order valence-corrected chi connectivity index (χ2v) is 3.02. The number of carbonyl (C=O) groups excluding carboxylic acids is 1. The normalized spacial score (nSPS) is 11.1. The number of ether oxygens (including phenoxy) is 2. The lowest BCUT2D eigenvalue weighted by molar-refractivity contribution is -0.274. The summed E-state index contributed by atoms with van der Waals surface area (Å²) < 4.78 is 44.1. The van der Waals surface area contributed by atoms with Crippen LogP contribution in [0.4, 0.5) is 18.9 Å². The summed E-state index contributed by atoms with van der Waals surface area (Å²) in [5.41, 5.74) is 5.11. The van der Waals surface area contributed by atoms with E-state index in [9.17, 15) is 18.0 Å². The molecule has 0 spiro atoms. The maximum Gasteiger partial charge on any atom is 0.573 e. The maximum atomic E-state index is 11.9. The fraction of sp³-hybridized carbons (Fsp3) is 0.300. The highest BCUT2D eigenvalue weighted by Crippen LogP contribution is 2.29. The summed E-state index contributed by atoms with van der Waals surface area (Å²) in [6.07, 6.45) is -4.82. The first-order valence-electron chi connectivity index (χ1n) is 4.66. The molecule has 4 nitrogen and oxygen atoms in total. The minimum absolute atomic E-state index is 0.0684. The number of hydrogen-bond acceptors (Lipinski definition) is 4. The molecule has 1 rings (SSSR count). The first-order chi connectivity index (χ1) is 7.83. The molecule has 0 aliphatic heterocycles. The Balaban J connectivity index is 2.90. The molecule has 0 atom stereocenters. The Bertz CT molecular complexity index is 418. The van der Waals surface area contributed by atoms with Crippen molar-refractivity contribution in [2.45, 2.75) is 13.3 Å². The Morgan fingerprint density at radius 1 is 1.41 bits per heavy atom. The van der Waals surface area contributed by atoms with E-state index in [2.05, 4.69) is 9.47 Å². The molecule has 0 saturated heterocycles. The Hall–Kier alpha value is -1.92. The van der Waals surface area contributed by atoms with E-state index in [1.54, 1.807) is 6.92 Å². The topological polar surface area (TPSA) is 61.5 Å². The number of rotatable bonds is 3. The van der Waals surface area contributed by atoms with E-state index in [1.165, 1.54) is 0 Å². The lowest BCUT2D eigenvalue weighted by Crippen LogP contribution is -2.18. The van der Waals surface area contributed by atoms with E-state index >= 15 is 0 Å². The van der Waals surface area contributed by atoms with Gasteiger partial charge in [0.15, 0.2) is 5.75 Å².